The number of benzene rings is 9. The molecule has 62 heavy (non-hydrogen) atoms. The van der Waals surface area contributed by atoms with Gasteiger partial charge in [-0.3, -0.25) is 0 Å². The lowest BCUT2D eigenvalue weighted by atomic mass is 9.93. The summed E-state index contributed by atoms with van der Waals surface area (Å²) in [6.45, 7) is 0. The van der Waals surface area contributed by atoms with E-state index in [1.54, 1.807) is 0 Å². The molecule has 0 saturated carbocycles. The molecule has 3 aromatic heterocycles. The molecule has 0 radical (unpaired) electrons. The van der Waals surface area contributed by atoms with Crippen LogP contribution in [0.2, 0.25) is 0 Å². The van der Waals surface area contributed by atoms with Crippen molar-refractivity contribution in [2.45, 2.75) is 0 Å². The number of aromatic nitrogens is 3. The van der Waals surface area contributed by atoms with Crippen LogP contribution in [0.25, 0.3) is 123 Å². The molecular formula is C57H35N3O2. The first kappa shape index (κ1) is 35.5. The Morgan fingerprint density at radius 2 is 0.694 bits per heavy atom. The monoisotopic (exact) mass is 793 g/mol. The summed E-state index contributed by atoms with van der Waals surface area (Å²) in [4.78, 5) is 15.4. The van der Waals surface area contributed by atoms with Crippen LogP contribution in [-0.4, -0.2) is 15.0 Å². The van der Waals surface area contributed by atoms with E-state index in [9.17, 15) is 0 Å². The molecule has 12 rings (SSSR count). The minimum Gasteiger partial charge on any atom is -0.455 e. The average molecular weight is 794 g/mol. The van der Waals surface area contributed by atoms with Gasteiger partial charge >= 0.3 is 0 Å². The molecule has 0 aliphatic rings. The summed E-state index contributed by atoms with van der Waals surface area (Å²) in [5.74, 6) is 1.82. The predicted octanol–water partition coefficient (Wildman–Crippen LogP) is 15.3. The number of nitrogens with zero attached hydrogens (tertiary/aromatic N) is 3. The molecule has 12 aromatic rings. The van der Waals surface area contributed by atoms with Gasteiger partial charge in [-0.05, 0) is 63.7 Å². The van der Waals surface area contributed by atoms with Gasteiger partial charge in [-0.15, -0.1) is 0 Å². The van der Waals surface area contributed by atoms with Crippen molar-refractivity contribution >= 4 is 43.9 Å². The molecule has 0 fully saturated rings. The molecular weight excluding hydrogens is 759 g/mol. The molecule has 0 bridgehead atoms. The van der Waals surface area contributed by atoms with Gasteiger partial charge in [0, 0.05) is 49.4 Å². The van der Waals surface area contributed by atoms with E-state index >= 15 is 0 Å². The first-order valence-corrected chi connectivity index (χ1v) is 20.8. The second-order valence-electron chi connectivity index (χ2n) is 15.5. The predicted molar refractivity (Wildman–Crippen MR) is 252 cm³/mol. The number of furan rings is 2. The van der Waals surface area contributed by atoms with Crippen molar-refractivity contribution in [1.29, 1.82) is 0 Å². The summed E-state index contributed by atoms with van der Waals surface area (Å²) >= 11 is 0. The highest BCUT2D eigenvalue weighted by molar-refractivity contribution is 6.18. The lowest BCUT2D eigenvalue weighted by Gasteiger charge is -2.12. The van der Waals surface area contributed by atoms with E-state index in [1.807, 2.05) is 36.4 Å². The highest BCUT2D eigenvalue weighted by atomic mass is 16.3. The zero-order valence-electron chi connectivity index (χ0n) is 33.4. The second kappa shape index (κ2) is 14.7. The van der Waals surface area contributed by atoms with Crippen molar-refractivity contribution in [3.63, 3.8) is 0 Å². The van der Waals surface area contributed by atoms with Crippen LogP contribution in [0.1, 0.15) is 0 Å². The fourth-order valence-corrected chi connectivity index (χ4v) is 8.74. The first-order chi connectivity index (χ1) is 30.7. The van der Waals surface area contributed by atoms with E-state index in [1.165, 1.54) is 0 Å². The molecule has 0 aliphatic carbocycles. The van der Waals surface area contributed by atoms with Gasteiger partial charge in [0.05, 0.1) is 0 Å². The van der Waals surface area contributed by atoms with E-state index in [0.717, 1.165) is 105 Å². The van der Waals surface area contributed by atoms with Crippen molar-refractivity contribution < 1.29 is 8.83 Å². The average Bonchev–Trinajstić information content (AvgIpc) is 3.94. The summed E-state index contributed by atoms with van der Waals surface area (Å²) in [5.41, 5.74) is 14.7. The summed E-state index contributed by atoms with van der Waals surface area (Å²) in [6, 6.07) is 73.3. The Bertz CT molecular complexity index is 3530. The van der Waals surface area contributed by atoms with Gasteiger partial charge in [0.2, 0.25) is 0 Å². The van der Waals surface area contributed by atoms with E-state index in [2.05, 4.69) is 176 Å². The number of fused-ring (bicyclic) bond motifs is 6. The fraction of sp³-hybridized carbons (Fsp3) is 0. The highest BCUT2D eigenvalue weighted by Crippen LogP contribution is 2.45. The second-order valence-corrected chi connectivity index (χ2v) is 15.5. The van der Waals surface area contributed by atoms with Gasteiger partial charge in [0.1, 0.15) is 22.3 Å². The minimum absolute atomic E-state index is 0.597. The molecule has 5 heteroatoms. The van der Waals surface area contributed by atoms with Gasteiger partial charge in [-0.25, -0.2) is 15.0 Å². The maximum absolute atomic E-state index is 6.73. The molecule has 5 nitrogen and oxygen atoms in total. The molecule has 0 aliphatic heterocycles. The van der Waals surface area contributed by atoms with Crippen LogP contribution >= 0.6 is 0 Å². The van der Waals surface area contributed by atoms with Gasteiger partial charge in [0.15, 0.2) is 17.5 Å². The lowest BCUT2D eigenvalue weighted by molar-refractivity contribution is 0.665. The van der Waals surface area contributed by atoms with Gasteiger partial charge in [0.25, 0.3) is 0 Å². The molecule has 0 amide bonds. The zero-order chi connectivity index (χ0) is 41.0. The third kappa shape index (κ3) is 6.14. The maximum Gasteiger partial charge on any atom is 0.164 e. The molecule has 3 heterocycles. The van der Waals surface area contributed by atoms with Crippen molar-refractivity contribution in [2.75, 3.05) is 0 Å². The molecule has 290 valence electrons. The Morgan fingerprint density at radius 3 is 1.34 bits per heavy atom. The van der Waals surface area contributed by atoms with Crippen molar-refractivity contribution in [2.24, 2.45) is 0 Å². The van der Waals surface area contributed by atoms with E-state index in [0.29, 0.717) is 17.5 Å². The molecule has 0 atom stereocenters. The molecule has 0 unspecified atom stereocenters. The van der Waals surface area contributed by atoms with Crippen LogP contribution in [0, 0.1) is 0 Å². The molecule has 0 N–H and O–H groups in total. The third-order valence-corrected chi connectivity index (χ3v) is 11.8. The summed E-state index contributed by atoms with van der Waals surface area (Å²) in [6.07, 6.45) is 0. The van der Waals surface area contributed by atoms with Crippen LogP contribution < -0.4 is 0 Å². The van der Waals surface area contributed by atoms with Crippen LogP contribution in [0.5, 0.6) is 0 Å². The largest absolute Gasteiger partial charge is 0.455 e. The zero-order valence-corrected chi connectivity index (χ0v) is 33.4. The summed E-state index contributed by atoms with van der Waals surface area (Å²) in [7, 11) is 0. The lowest BCUT2D eigenvalue weighted by Crippen LogP contribution is -2.00. The fourth-order valence-electron chi connectivity index (χ4n) is 8.74. The molecule has 0 saturated heterocycles. The van der Waals surface area contributed by atoms with Crippen molar-refractivity contribution in [1.82, 2.24) is 15.0 Å². The summed E-state index contributed by atoms with van der Waals surface area (Å²) in [5, 5.41) is 4.29. The quantitative estimate of drug-likeness (QED) is 0.161. The van der Waals surface area contributed by atoms with E-state index < -0.39 is 0 Å². The normalized spacial score (nSPS) is 11.5. The third-order valence-electron chi connectivity index (χ3n) is 11.8. The van der Waals surface area contributed by atoms with E-state index in [4.69, 9.17) is 23.8 Å². The maximum atomic E-state index is 6.73. The Balaban J connectivity index is 0.985. The summed E-state index contributed by atoms with van der Waals surface area (Å²) < 4.78 is 13.2. The molecule has 0 spiro atoms. The highest BCUT2D eigenvalue weighted by Gasteiger charge is 2.21. The Labute approximate surface area is 357 Å². The van der Waals surface area contributed by atoms with Crippen LogP contribution in [-0.2, 0) is 0 Å². The Kier molecular flexibility index (Phi) is 8.42. The van der Waals surface area contributed by atoms with Crippen LogP contribution in [0.15, 0.2) is 221 Å². The van der Waals surface area contributed by atoms with Crippen LogP contribution in [0.4, 0.5) is 0 Å². The van der Waals surface area contributed by atoms with Crippen LogP contribution in [0.3, 0.4) is 0 Å². The number of para-hydroxylation sites is 3. The van der Waals surface area contributed by atoms with Gasteiger partial charge in [-0.1, -0.05) is 182 Å². The number of hydrogen-bond donors (Lipinski definition) is 0. The van der Waals surface area contributed by atoms with Gasteiger partial charge < -0.3 is 8.83 Å². The smallest absolute Gasteiger partial charge is 0.164 e. The van der Waals surface area contributed by atoms with Crippen molar-refractivity contribution in [3.8, 4) is 78.7 Å². The standard InChI is InChI=1S/C57H35N3O2/c1-3-14-36(15-4-1)40-18-11-20-42(34-40)56-58-55(59-57(60-56)43-21-12-19-41(35-43)37-16-5-2-6-17-37)39-30-28-38(29-31-39)44-32-33-48(54-52(44)49-23-8-10-27-51(49)62-54)47-25-13-24-46-45-22-7-9-26-50(45)61-53(46)47/h1-35H. The molecule has 9 aromatic carbocycles. The Hall–Kier alpha value is -8.41. The number of hydrogen-bond acceptors (Lipinski definition) is 5. The number of rotatable bonds is 7. The van der Waals surface area contributed by atoms with E-state index in [-0.39, 0.29) is 0 Å². The van der Waals surface area contributed by atoms with Crippen molar-refractivity contribution in [3.05, 3.63) is 212 Å². The topological polar surface area (TPSA) is 65.0 Å². The first-order valence-electron chi connectivity index (χ1n) is 20.8. The van der Waals surface area contributed by atoms with Gasteiger partial charge in [-0.2, -0.15) is 0 Å². The minimum atomic E-state index is 0.597. The SMILES string of the molecule is c1ccc(-c2cccc(-c3nc(-c4ccc(-c5ccc(-c6cccc7c6oc6ccccc67)c6oc7ccccc7c56)cc4)nc(-c4cccc(-c5ccccc5)c4)n3)c2)cc1. The Morgan fingerprint density at radius 1 is 0.258 bits per heavy atom.